The zero-order valence-corrected chi connectivity index (χ0v) is 15.4. The van der Waals surface area contributed by atoms with E-state index in [2.05, 4.69) is 25.5 Å². The Morgan fingerprint density at radius 2 is 1.93 bits per heavy atom. The summed E-state index contributed by atoms with van der Waals surface area (Å²) < 4.78 is 0. The lowest BCUT2D eigenvalue weighted by atomic mass is 9.95. The number of hydrogen-bond donors (Lipinski definition) is 2. The molecule has 27 heavy (non-hydrogen) atoms. The Labute approximate surface area is 158 Å². The first-order valence-electron chi connectivity index (χ1n) is 9.71. The van der Waals surface area contributed by atoms with Crippen LogP contribution in [0.1, 0.15) is 29.6 Å². The van der Waals surface area contributed by atoms with Crippen LogP contribution in [0.5, 0.6) is 0 Å². The summed E-state index contributed by atoms with van der Waals surface area (Å²) in [5.41, 5.74) is 1.26. The van der Waals surface area contributed by atoms with Crippen LogP contribution in [-0.2, 0) is 0 Å². The summed E-state index contributed by atoms with van der Waals surface area (Å²) >= 11 is 0. The van der Waals surface area contributed by atoms with E-state index < -0.39 is 0 Å². The molecule has 0 unspecified atom stereocenters. The van der Waals surface area contributed by atoms with Crippen LogP contribution in [-0.4, -0.2) is 80.8 Å². The zero-order chi connectivity index (χ0) is 18.6. The van der Waals surface area contributed by atoms with Gasteiger partial charge in [-0.05, 0) is 43.1 Å². The van der Waals surface area contributed by atoms with E-state index in [4.69, 9.17) is 0 Å². The minimum absolute atomic E-state index is 0.0324. The van der Waals surface area contributed by atoms with Crippen LogP contribution in [0, 0.1) is 11.8 Å². The van der Waals surface area contributed by atoms with Gasteiger partial charge in [-0.3, -0.25) is 4.79 Å². The molecule has 3 heterocycles. The van der Waals surface area contributed by atoms with Gasteiger partial charge in [0.25, 0.3) is 5.91 Å². The molecule has 2 atom stereocenters. The van der Waals surface area contributed by atoms with Gasteiger partial charge in [0.2, 0.25) is 5.82 Å². The number of rotatable bonds is 5. The van der Waals surface area contributed by atoms with Crippen LogP contribution in [0.3, 0.4) is 0 Å². The van der Waals surface area contributed by atoms with E-state index in [9.17, 15) is 9.90 Å². The van der Waals surface area contributed by atoms with Crippen molar-refractivity contribution in [1.82, 2.24) is 30.4 Å². The number of piperidine rings is 1. The van der Waals surface area contributed by atoms with Crippen molar-refractivity contribution in [2.75, 3.05) is 39.3 Å². The molecule has 2 aliphatic heterocycles. The second-order valence-corrected chi connectivity index (χ2v) is 7.56. The van der Waals surface area contributed by atoms with Gasteiger partial charge < -0.3 is 14.9 Å². The number of aliphatic hydroxyl groups is 1. The smallest absolute Gasteiger partial charge is 0.254 e. The Bertz CT molecular complexity index is 759. The van der Waals surface area contributed by atoms with E-state index in [0.717, 1.165) is 19.6 Å². The summed E-state index contributed by atoms with van der Waals surface area (Å²) in [6.07, 6.45) is 3.80. The molecule has 0 saturated carbocycles. The number of aliphatic hydroxyl groups excluding tert-OH is 1. The quantitative estimate of drug-likeness (QED) is 0.816. The van der Waals surface area contributed by atoms with Gasteiger partial charge >= 0.3 is 0 Å². The molecule has 1 amide bonds. The highest BCUT2D eigenvalue weighted by Crippen LogP contribution is 2.28. The number of amides is 1. The average molecular weight is 370 g/mol. The number of hydrogen-bond acceptors (Lipinski definition) is 6. The fourth-order valence-corrected chi connectivity index (χ4v) is 4.30. The fraction of sp³-hybridized carbons (Fsp3) is 0.579. The second-order valence-electron chi connectivity index (χ2n) is 7.56. The normalized spacial score (nSPS) is 23.7. The predicted octanol–water partition coefficient (Wildman–Crippen LogP) is 1.03. The van der Waals surface area contributed by atoms with Crippen LogP contribution in [0.15, 0.2) is 24.3 Å². The molecule has 2 aliphatic rings. The van der Waals surface area contributed by atoms with Crippen molar-refractivity contribution in [3.63, 3.8) is 0 Å². The summed E-state index contributed by atoms with van der Waals surface area (Å²) in [7, 11) is 0. The van der Waals surface area contributed by atoms with Gasteiger partial charge in [-0.1, -0.05) is 24.6 Å². The number of aromatic nitrogens is 4. The Hall–Kier alpha value is -2.32. The molecule has 4 rings (SSSR count). The van der Waals surface area contributed by atoms with Crippen molar-refractivity contribution in [1.29, 1.82) is 0 Å². The zero-order valence-electron chi connectivity index (χ0n) is 15.4. The third-order valence-corrected chi connectivity index (χ3v) is 5.78. The predicted molar refractivity (Wildman–Crippen MR) is 99.9 cm³/mol. The lowest BCUT2D eigenvalue weighted by Crippen LogP contribution is -2.37. The first-order valence-corrected chi connectivity index (χ1v) is 9.71. The maximum atomic E-state index is 13.2. The third kappa shape index (κ3) is 3.86. The number of likely N-dealkylation sites (tertiary alicyclic amines) is 2. The van der Waals surface area contributed by atoms with Crippen molar-refractivity contribution < 1.29 is 9.90 Å². The molecule has 0 bridgehead atoms. The minimum Gasteiger partial charge on any atom is -0.396 e. The van der Waals surface area contributed by atoms with Gasteiger partial charge in [0.05, 0.1) is 5.56 Å². The minimum atomic E-state index is -0.0324. The molecule has 1 aromatic carbocycles. The Morgan fingerprint density at radius 3 is 2.67 bits per heavy atom. The number of H-pyrrole nitrogens is 1. The summed E-state index contributed by atoms with van der Waals surface area (Å²) in [5, 5.41) is 23.9. The fourth-order valence-electron chi connectivity index (χ4n) is 4.30. The van der Waals surface area contributed by atoms with E-state index in [1.165, 1.54) is 19.3 Å². The molecular weight excluding hydrogens is 344 g/mol. The van der Waals surface area contributed by atoms with Crippen molar-refractivity contribution in [2.45, 2.75) is 19.3 Å². The highest BCUT2D eigenvalue weighted by atomic mass is 16.3. The van der Waals surface area contributed by atoms with Crippen molar-refractivity contribution in [3.8, 4) is 11.4 Å². The number of tetrazole rings is 1. The van der Waals surface area contributed by atoms with E-state index in [0.29, 0.717) is 36.0 Å². The molecular formula is C19H26N6O2. The second kappa shape index (κ2) is 8.14. The topological polar surface area (TPSA) is 98.2 Å². The Kier molecular flexibility index (Phi) is 5.45. The molecule has 2 fully saturated rings. The van der Waals surface area contributed by atoms with Gasteiger partial charge in [0.15, 0.2) is 0 Å². The number of nitrogens with one attached hydrogen (secondary N) is 1. The third-order valence-electron chi connectivity index (χ3n) is 5.78. The highest BCUT2D eigenvalue weighted by Gasteiger charge is 2.36. The van der Waals surface area contributed by atoms with Crippen molar-refractivity contribution >= 4 is 5.91 Å². The highest BCUT2D eigenvalue weighted by molar-refractivity contribution is 6.00. The molecule has 0 radical (unpaired) electrons. The van der Waals surface area contributed by atoms with E-state index in [-0.39, 0.29) is 18.4 Å². The van der Waals surface area contributed by atoms with Crippen LogP contribution < -0.4 is 0 Å². The molecule has 8 nitrogen and oxygen atoms in total. The van der Waals surface area contributed by atoms with E-state index in [1.54, 1.807) is 6.07 Å². The van der Waals surface area contributed by atoms with Gasteiger partial charge in [0, 0.05) is 37.7 Å². The molecule has 8 heteroatoms. The van der Waals surface area contributed by atoms with Gasteiger partial charge in [0.1, 0.15) is 0 Å². The van der Waals surface area contributed by atoms with Crippen LogP contribution in [0.25, 0.3) is 11.4 Å². The number of carbonyl (C=O) groups is 1. The maximum absolute atomic E-state index is 13.2. The van der Waals surface area contributed by atoms with E-state index in [1.807, 2.05) is 23.1 Å². The average Bonchev–Trinajstić information content (AvgIpc) is 3.38. The molecule has 2 aromatic rings. The molecule has 144 valence electrons. The summed E-state index contributed by atoms with van der Waals surface area (Å²) in [5.74, 6) is 0.833. The van der Waals surface area contributed by atoms with Crippen molar-refractivity contribution in [3.05, 3.63) is 29.8 Å². The molecule has 0 aliphatic carbocycles. The number of aromatic amines is 1. The lowest BCUT2D eigenvalue weighted by Gasteiger charge is -2.30. The largest absolute Gasteiger partial charge is 0.396 e. The molecule has 2 N–H and O–H groups in total. The summed E-state index contributed by atoms with van der Waals surface area (Å²) in [6, 6.07) is 7.35. The monoisotopic (exact) mass is 370 g/mol. The van der Waals surface area contributed by atoms with Gasteiger partial charge in [-0.25, -0.2) is 0 Å². The standard InChI is InChI=1S/C19H26N6O2/c26-13-15-12-25(11-14(15)10-24-8-4-1-5-9-24)19(27)17-7-3-2-6-16(17)18-20-22-23-21-18/h2-3,6-7,14-15,26H,1,4-5,8-13H2,(H,20,21,22,23)/t14-,15-/m1/s1. The van der Waals surface area contributed by atoms with E-state index >= 15 is 0 Å². The molecule has 0 spiro atoms. The van der Waals surface area contributed by atoms with Crippen LogP contribution in [0.4, 0.5) is 0 Å². The molecule has 1 aromatic heterocycles. The van der Waals surface area contributed by atoms with Crippen molar-refractivity contribution in [2.24, 2.45) is 11.8 Å². The SMILES string of the molecule is O=C(c1ccccc1-c1nn[nH]n1)N1C[C@@H](CN2CCCCC2)[C@@H](CO)C1. The van der Waals surface area contributed by atoms with Crippen LogP contribution >= 0.6 is 0 Å². The van der Waals surface area contributed by atoms with Gasteiger partial charge in [-0.2, -0.15) is 5.21 Å². The summed E-state index contributed by atoms with van der Waals surface area (Å²) in [6.45, 7) is 4.61. The maximum Gasteiger partial charge on any atom is 0.254 e. The Morgan fingerprint density at radius 1 is 1.15 bits per heavy atom. The Balaban J connectivity index is 1.50. The number of nitrogens with zero attached hydrogens (tertiary/aromatic N) is 5. The van der Waals surface area contributed by atoms with Crippen LogP contribution in [0.2, 0.25) is 0 Å². The molecule has 2 saturated heterocycles. The first-order chi connectivity index (χ1) is 13.3. The number of carbonyl (C=O) groups excluding carboxylic acids is 1. The lowest BCUT2D eigenvalue weighted by molar-refractivity contribution is 0.0779. The first kappa shape index (κ1) is 18.1. The number of benzene rings is 1. The van der Waals surface area contributed by atoms with Gasteiger partial charge in [-0.15, -0.1) is 10.2 Å². The summed E-state index contributed by atoms with van der Waals surface area (Å²) in [4.78, 5) is 17.6.